The van der Waals surface area contributed by atoms with Gasteiger partial charge in [0.25, 0.3) is 5.91 Å². The van der Waals surface area contributed by atoms with Crippen LogP contribution in [0.25, 0.3) is 32.6 Å². The number of thiophene rings is 2. The van der Waals surface area contributed by atoms with E-state index in [0.29, 0.717) is 28.0 Å². The van der Waals surface area contributed by atoms with Crippen LogP contribution < -0.4 is 5.32 Å². The third-order valence-electron chi connectivity index (χ3n) is 4.63. The van der Waals surface area contributed by atoms with Crippen LogP contribution in [0.15, 0.2) is 51.0 Å². The Labute approximate surface area is 179 Å². The van der Waals surface area contributed by atoms with Crippen molar-refractivity contribution >= 4 is 38.8 Å². The summed E-state index contributed by atoms with van der Waals surface area (Å²) in [5, 5.41) is 5.79. The number of nitrogens with zero attached hydrogens (tertiary/aromatic N) is 3. The molecule has 1 N–H and O–H groups in total. The Balaban J connectivity index is 1.38. The summed E-state index contributed by atoms with van der Waals surface area (Å²) in [6.07, 6.45) is 3.16. The van der Waals surface area contributed by atoms with Crippen molar-refractivity contribution in [2.75, 3.05) is 0 Å². The number of carbonyl (C=O) groups excluding carboxylic acids is 1. The summed E-state index contributed by atoms with van der Waals surface area (Å²) in [7, 11) is 0. The number of oxazole rings is 1. The average Bonchev–Trinajstić information content (AvgIpc) is 3.53. The zero-order valence-electron chi connectivity index (χ0n) is 16.1. The minimum atomic E-state index is -0.171. The molecule has 7 nitrogen and oxygen atoms in total. The Hall–Kier alpha value is -3.30. The third-order valence-corrected chi connectivity index (χ3v) is 6.67. The van der Waals surface area contributed by atoms with Crippen LogP contribution in [0.1, 0.15) is 26.6 Å². The molecule has 150 valence electrons. The molecule has 0 aliphatic heterocycles. The summed E-state index contributed by atoms with van der Waals surface area (Å²) in [6.45, 7) is 4.12. The fourth-order valence-corrected chi connectivity index (χ4v) is 5.03. The highest BCUT2D eigenvalue weighted by Gasteiger charge is 2.20. The zero-order valence-corrected chi connectivity index (χ0v) is 17.8. The highest BCUT2D eigenvalue weighted by molar-refractivity contribution is 7.20. The average molecular weight is 437 g/mol. The van der Waals surface area contributed by atoms with Gasteiger partial charge in [0.2, 0.25) is 5.89 Å². The fraction of sp³-hybridized carbons (Fsp3) is 0.143. The first-order chi connectivity index (χ1) is 14.6. The van der Waals surface area contributed by atoms with E-state index in [1.54, 1.807) is 29.9 Å². The Morgan fingerprint density at radius 1 is 1.13 bits per heavy atom. The number of hydrogen-bond acceptors (Lipinski definition) is 8. The second-order valence-corrected chi connectivity index (χ2v) is 8.60. The minimum Gasteiger partial charge on any atom is -0.461 e. The van der Waals surface area contributed by atoms with Crippen LogP contribution in [0.4, 0.5) is 0 Å². The number of carbonyl (C=O) groups is 1. The number of furan rings is 1. The standard InChI is InChI=1S/C21H16N4O3S2/c1-11-16-12(2)23-18(14-5-3-7-27-14)25-21(16)30-17(11)19(26)22-9-13-10-28-20(24-13)15-6-4-8-29-15/h3-8,10H,9H2,1-2H3,(H,22,26). The fourth-order valence-electron chi connectivity index (χ4n) is 3.22. The molecule has 0 saturated heterocycles. The molecule has 0 radical (unpaired) electrons. The van der Waals surface area contributed by atoms with Gasteiger partial charge in [0.15, 0.2) is 11.6 Å². The van der Waals surface area contributed by atoms with Crippen LogP contribution in [-0.2, 0) is 6.54 Å². The van der Waals surface area contributed by atoms with Gasteiger partial charge in [-0.2, -0.15) is 0 Å². The van der Waals surface area contributed by atoms with Crippen LogP contribution in [0.2, 0.25) is 0 Å². The predicted octanol–water partition coefficient (Wildman–Crippen LogP) is 5.21. The number of amides is 1. The molecule has 0 aliphatic carbocycles. The third kappa shape index (κ3) is 3.31. The maximum atomic E-state index is 12.8. The Kier molecular flexibility index (Phi) is 4.68. The molecule has 0 bridgehead atoms. The summed E-state index contributed by atoms with van der Waals surface area (Å²) in [5.74, 6) is 1.50. The highest BCUT2D eigenvalue weighted by atomic mass is 32.1. The first-order valence-corrected chi connectivity index (χ1v) is 10.9. The van der Waals surface area contributed by atoms with Crippen molar-refractivity contribution in [3.05, 3.63) is 64.0 Å². The number of aromatic nitrogens is 3. The van der Waals surface area contributed by atoms with Gasteiger partial charge in [0.1, 0.15) is 11.1 Å². The molecule has 0 unspecified atom stereocenters. The number of rotatable bonds is 5. The van der Waals surface area contributed by atoms with E-state index in [9.17, 15) is 4.79 Å². The molecule has 5 heterocycles. The van der Waals surface area contributed by atoms with Gasteiger partial charge >= 0.3 is 0 Å². The van der Waals surface area contributed by atoms with Gasteiger partial charge in [-0.15, -0.1) is 22.7 Å². The molecule has 5 rings (SSSR count). The molecular formula is C21H16N4O3S2. The predicted molar refractivity (Wildman–Crippen MR) is 116 cm³/mol. The van der Waals surface area contributed by atoms with Gasteiger partial charge in [-0.3, -0.25) is 4.79 Å². The maximum Gasteiger partial charge on any atom is 0.262 e. The van der Waals surface area contributed by atoms with E-state index >= 15 is 0 Å². The summed E-state index contributed by atoms with van der Waals surface area (Å²) in [4.78, 5) is 28.8. The van der Waals surface area contributed by atoms with Gasteiger partial charge < -0.3 is 14.2 Å². The number of fused-ring (bicyclic) bond motifs is 1. The Bertz CT molecular complexity index is 1330. The van der Waals surface area contributed by atoms with E-state index < -0.39 is 0 Å². The molecule has 0 fully saturated rings. The van der Waals surface area contributed by atoms with Crippen LogP contribution >= 0.6 is 22.7 Å². The molecule has 0 spiro atoms. The molecule has 5 aromatic heterocycles. The van der Waals surface area contributed by atoms with Crippen molar-refractivity contribution in [1.29, 1.82) is 0 Å². The quantitative estimate of drug-likeness (QED) is 0.406. The van der Waals surface area contributed by atoms with Crippen molar-refractivity contribution in [2.24, 2.45) is 0 Å². The lowest BCUT2D eigenvalue weighted by Crippen LogP contribution is -2.22. The maximum absolute atomic E-state index is 12.8. The number of aryl methyl sites for hydroxylation is 2. The van der Waals surface area contributed by atoms with Gasteiger partial charge in [-0.1, -0.05) is 6.07 Å². The van der Waals surface area contributed by atoms with Crippen molar-refractivity contribution < 1.29 is 13.6 Å². The van der Waals surface area contributed by atoms with Gasteiger partial charge in [-0.05, 0) is 43.0 Å². The lowest BCUT2D eigenvalue weighted by Gasteiger charge is -2.02. The van der Waals surface area contributed by atoms with Crippen molar-refractivity contribution in [3.63, 3.8) is 0 Å². The van der Waals surface area contributed by atoms with E-state index in [2.05, 4.69) is 20.3 Å². The molecule has 0 saturated carbocycles. The molecule has 5 aromatic rings. The topological polar surface area (TPSA) is 94.0 Å². The first-order valence-electron chi connectivity index (χ1n) is 9.18. The molecule has 1 amide bonds. The summed E-state index contributed by atoms with van der Waals surface area (Å²) < 4.78 is 10.9. The monoisotopic (exact) mass is 436 g/mol. The van der Waals surface area contributed by atoms with Gasteiger partial charge in [0.05, 0.1) is 34.0 Å². The Morgan fingerprint density at radius 2 is 2.03 bits per heavy atom. The molecule has 0 aliphatic rings. The SMILES string of the molecule is Cc1nc(-c2ccco2)nc2sc(C(=O)NCc3coc(-c4cccs4)n3)c(C)c12. The zero-order chi connectivity index (χ0) is 20.7. The normalized spacial score (nSPS) is 11.3. The first kappa shape index (κ1) is 18.7. The smallest absolute Gasteiger partial charge is 0.262 e. The van der Waals surface area contributed by atoms with Crippen molar-refractivity contribution in [1.82, 2.24) is 20.3 Å². The second-order valence-electron chi connectivity index (χ2n) is 6.65. The van der Waals surface area contributed by atoms with Crippen LogP contribution in [0.3, 0.4) is 0 Å². The minimum absolute atomic E-state index is 0.171. The largest absolute Gasteiger partial charge is 0.461 e. The molecular weight excluding hydrogens is 420 g/mol. The highest BCUT2D eigenvalue weighted by Crippen LogP contribution is 2.33. The van der Waals surface area contributed by atoms with E-state index in [1.807, 2.05) is 37.4 Å². The molecule has 0 atom stereocenters. The van der Waals surface area contributed by atoms with E-state index in [0.717, 1.165) is 26.4 Å². The van der Waals surface area contributed by atoms with Gasteiger partial charge in [-0.25, -0.2) is 15.0 Å². The lowest BCUT2D eigenvalue weighted by molar-refractivity contribution is 0.0954. The van der Waals surface area contributed by atoms with E-state index in [1.165, 1.54) is 11.3 Å². The molecule has 9 heteroatoms. The van der Waals surface area contributed by atoms with Crippen molar-refractivity contribution in [2.45, 2.75) is 20.4 Å². The Morgan fingerprint density at radius 3 is 2.80 bits per heavy atom. The molecule has 0 aromatic carbocycles. The van der Waals surface area contributed by atoms with Crippen LogP contribution in [0.5, 0.6) is 0 Å². The number of hydrogen-bond donors (Lipinski definition) is 1. The van der Waals surface area contributed by atoms with E-state index in [-0.39, 0.29) is 12.5 Å². The lowest BCUT2D eigenvalue weighted by atomic mass is 10.1. The van der Waals surface area contributed by atoms with Crippen LogP contribution in [-0.4, -0.2) is 20.9 Å². The molecule has 30 heavy (non-hydrogen) atoms. The summed E-state index contributed by atoms with van der Waals surface area (Å²) in [6, 6.07) is 7.50. The van der Waals surface area contributed by atoms with E-state index in [4.69, 9.17) is 8.83 Å². The summed E-state index contributed by atoms with van der Waals surface area (Å²) in [5.41, 5.74) is 2.35. The second kappa shape index (κ2) is 7.51. The van der Waals surface area contributed by atoms with Gasteiger partial charge in [0, 0.05) is 5.39 Å². The number of nitrogens with one attached hydrogen (secondary N) is 1. The van der Waals surface area contributed by atoms with Crippen LogP contribution in [0, 0.1) is 13.8 Å². The van der Waals surface area contributed by atoms with Crippen molar-refractivity contribution in [3.8, 4) is 22.4 Å². The summed E-state index contributed by atoms with van der Waals surface area (Å²) >= 11 is 2.90.